The number of rotatable bonds is 8. The van der Waals surface area contributed by atoms with Crippen molar-refractivity contribution in [1.82, 2.24) is 20.5 Å². The van der Waals surface area contributed by atoms with Crippen LogP contribution in [0.5, 0.6) is 0 Å². The van der Waals surface area contributed by atoms with Gasteiger partial charge in [0.05, 0.1) is 17.2 Å². The Kier molecular flexibility index (Phi) is 11.6. The molecule has 2 heterocycles. The smallest absolute Gasteiger partial charge is 0.191 e. The van der Waals surface area contributed by atoms with Gasteiger partial charge in [0.2, 0.25) is 0 Å². The van der Waals surface area contributed by atoms with Crippen molar-refractivity contribution in [2.45, 2.75) is 53.0 Å². The Morgan fingerprint density at radius 2 is 2.08 bits per heavy atom. The van der Waals surface area contributed by atoms with E-state index < -0.39 is 0 Å². The summed E-state index contributed by atoms with van der Waals surface area (Å²) in [5.41, 5.74) is 1.07. The Morgan fingerprint density at radius 1 is 1.32 bits per heavy atom. The molecule has 2 rings (SSSR count). The quantitative estimate of drug-likeness (QED) is 0.260. The third kappa shape index (κ3) is 8.68. The third-order valence-corrected chi connectivity index (χ3v) is 5.51. The van der Waals surface area contributed by atoms with E-state index >= 15 is 0 Å². The lowest BCUT2D eigenvalue weighted by Crippen LogP contribution is -2.39. The molecule has 0 radical (unpaired) electrons. The van der Waals surface area contributed by atoms with E-state index in [1.54, 1.807) is 11.3 Å². The maximum absolute atomic E-state index is 4.65. The highest BCUT2D eigenvalue weighted by atomic mass is 127. The van der Waals surface area contributed by atoms with E-state index in [1.807, 2.05) is 0 Å². The molecule has 1 aliphatic rings. The molecule has 2 N–H and O–H groups in total. The SMILES string of the molecule is CCNC(=NCc1csc(CC)n1)NCCCN1CCC(C)CC1.I. The zero-order valence-electron chi connectivity index (χ0n) is 15.9. The predicted molar refractivity (Wildman–Crippen MR) is 119 cm³/mol. The van der Waals surface area contributed by atoms with Gasteiger partial charge in [0, 0.05) is 18.5 Å². The Bertz CT molecular complexity index is 497. The van der Waals surface area contributed by atoms with E-state index in [9.17, 15) is 0 Å². The number of thiazole rings is 1. The van der Waals surface area contributed by atoms with Gasteiger partial charge in [0.15, 0.2) is 5.96 Å². The van der Waals surface area contributed by atoms with Crippen LogP contribution in [-0.2, 0) is 13.0 Å². The maximum atomic E-state index is 4.65. The van der Waals surface area contributed by atoms with E-state index in [0.29, 0.717) is 6.54 Å². The van der Waals surface area contributed by atoms with Crippen molar-refractivity contribution in [2.24, 2.45) is 10.9 Å². The number of hydrogen-bond acceptors (Lipinski definition) is 4. The normalized spacial score (nSPS) is 16.5. The number of halogens is 1. The largest absolute Gasteiger partial charge is 0.357 e. The van der Waals surface area contributed by atoms with Crippen LogP contribution in [0.3, 0.4) is 0 Å². The molecule has 1 saturated heterocycles. The fraction of sp³-hybridized carbons (Fsp3) is 0.778. The first-order valence-electron chi connectivity index (χ1n) is 9.39. The van der Waals surface area contributed by atoms with Gasteiger partial charge < -0.3 is 15.5 Å². The van der Waals surface area contributed by atoms with Gasteiger partial charge in [-0.05, 0) is 58.2 Å². The average Bonchev–Trinajstić information content (AvgIpc) is 3.06. The van der Waals surface area contributed by atoms with Crippen molar-refractivity contribution >= 4 is 41.3 Å². The fourth-order valence-electron chi connectivity index (χ4n) is 2.88. The summed E-state index contributed by atoms with van der Waals surface area (Å²) in [6, 6.07) is 0. The first kappa shape index (κ1) is 22.6. The molecule has 144 valence electrons. The molecule has 0 amide bonds. The first-order chi connectivity index (χ1) is 11.7. The molecule has 1 fully saturated rings. The second kappa shape index (κ2) is 12.9. The number of nitrogens with one attached hydrogen (secondary N) is 2. The Balaban J connectivity index is 0.00000312. The van der Waals surface area contributed by atoms with Crippen molar-refractivity contribution in [2.75, 3.05) is 32.7 Å². The predicted octanol–water partition coefficient (Wildman–Crippen LogP) is 3.50. The molecule has 25 heavy (non-hydrogen) atoms. The van der Waals surface area contributed by atoms with Crippen LogP contribution < -0.4 is 10.6 Å². The monoisotopic (exact) mass is 479 g/mol. The lowest BCUT2D eigenvalue weighted by molar-refractivity contribution is 0.191. The molecule has 0 aromatic carbocycles. The molecule has 1 aromatic heterocycles. The number of hydrogen-bond donors (Lipinski definition) is 2. The Labute approximate surface area is 174 Å². The highest BCUT2D eigenvalue weighted by molar-refractivity contribution is 14.0. The van der Waals surface area contributed by atoms with E-state index in [2.05, 4.69) is 51.7 Å². The minimum Gasteiger partial charge on any atom is -0.357 e. The molecular formula is C18H34IN5S. The lowest BCUT2D eigenvalue weighted by atomic mass is 9.99. The van der Waals surface area contributed by atoms with Gasteiger partial charge in [-0.25, -0.2) is 9.98 Å². The summed E-state index contributed by atoms with van der Waals surface area (Å²) >= 11 is 1.73. The van der Waals surface area contributed by atoms with E-state index in [1.165, 1.54) is 37.5 Å². The summed E-state index contributed by atoms with van der Waals surface area (Å²) in [6.07, 6.45) is 4.87. The highest BCUT2D eigenvalue weighted by Gasteiger charge is 2.14. The van der Waals surface area contributed by atoms with Crippen LogP contribution in [0.25, 0.3) is 0 Å². The molecule has 0 atom stereocenters. The average molecular weight is 479 g/mol. The summed E-state index contributed by atoms with van der Waals surface area (Å²) in [6.45, 7) is 12.8. The van der Waals surface area contributed by atoms with Crippen molar-refractivity contribution in [3.8, 4) is 0 Å². The van der Waals surface area contributed by atoms with Gasteiger partial charge in [0.1, 0.15) is 0 Å². The topological polar surface area (TPSA) is 52.6 Å². The zero-order valence-corrected chi connectivity index (χ0v) is 19.0. The fourth-order valence-corrected chi connectivity index (χ4v) is 3.62. The number of nitrogens with zero attached hydrogens (tertiary/aromatic N) is 3. The number of aryl methyl sites for hydroxylation is 1. The van der Waals surface area contributed by atoms with Crippen LogP contribution in [0, 0.1) is 5.92 Å². The molecule has 1 aromatic rings. The number of aromatic nitrogens is 1. The zero-order chi connectivity index (χ0) is 17.2. The van der Waals surface area contributed by atoms with Gasteiger partial charge in [0.25, 0.3) is 0 Å². The van der Waals surface area contributed by atoms with Crippen molar-refractivity contribution < 1.29 is 0 Å². The second-order valence-corrected chi connectivity index (χ2v) is 7.53. The lowest BCUT2D eigenvalue weighted by Gasteiger charge is -2.30. The molecular weight excluding hydrogens is 445 g/mol. The molecule has 0 saturated carbocycles. The van der Waals surface area contributed by atoms with Crippen LogP contribution >= 0.6 is 35.3 Å². The van der Waals surface area contributed by atoms with Gasteiger partial charge in [-0.2, -0.15) is 0 Å². The van der Waals surface area contributed by atoms with Gasteiger partial charge in [-0.3, -0.25) is 0 Å². The standard InChI is InChI=1S/C18H33N5S.HI/c1-4-17-22-16(14-24-17)13-21-18(19-5-2)20-9-6-10-23-11-7-15(3)8-12-23;/h14-15H,4-13H2,1-3H3,(H2,19,20,21);1H. The summed E-state index contributed by atoms with van der Waals surface area (Å²) in [5.74, 6) is 1.81. The van der Waals surface area contributed by atoms with Crippen LogP contribution in [-0.4, -0.2) is 48.6 Å². The summed E-state index contributed by atoms with van der Waals surface area (Å²) in [4.78, 5) is 11.8. The molecule has 0 bridgehead atoms. The van der Waals surface area contributed by atoms with Crippen LogP contribution in [0.1, 0.15) is 50.7 Å². The minimum absolute atomic E-state index is 0. The van der Waals surface area contributed by atoms with Crippen LogP contribution in [0.4, 0.5) is 0 Å². The van der Waals surface area contributed by atoms with E-state index in [0.717, 1.165) is 43.5 Å². The van der Waals surface area contributed by atoms with Crippen LogP contribution in [0.2, 0.25) is 0 Å². The third-order valence-electron chi connectivity index (χ3n) is 4.46. The molecule has 0 spiro atoms. The summed E-state index contributed by atoms with van der Waals surface area (Å²) in [7, 11) is 0. The number of likely N-dealkylation sites (tertiary alicyclic amines) is 1. The summed E-state index contributed by atoms with van der Waals surface area (Å²) in [5, 5.41) is 10.1. The number of guanidine groups is 1. The van der Waals surface area contributed by atoms with Gasteiger partial charge >= 0.3 is 0 Å². The molecule has 1 aliphatic heterocycles. The number of piperidine rings is 1. The van der Waals surface area contributed by atoms with Crippen molar-refractivity contribution in [1.29, 1.82) is 0 Å². The molecule has 7 heteroatoms. The second-order valence-electron chi connectivity index (χ2n) is 6.59. The van der Waals surface area contributed by atoms with Gasteiger partial charge in [-0.15, -0.1) is 35.3 Å². The molecule has 0 unspecified atom stereocenters. The Morgan fingerprint density at radius 3 is 2.72 bits per heavy atom. The minimum atomic E-state index is 0. The van der Waals surface area contributed by atoms with E-state index in [-0.39, 0.29) is 24.0 Å². The highest BCUT2D eigenvalue weighted by Crippen LogP contribution is 2.15. The molecule has 0 aliphatic carbocycles. The number of aliphatic imine (C=N–C) groups is 1. The molecule has 5 nitrogen and oxygen atoms in total. The van der Waals surface area contributed by atoms with Gasteiger partial charge in [-0.1, -0.05) is 13.8 Å². The summed E-state index contributed by atoms with van der Waals surface area (Å²) < 4.78 is 0. The first-order valence-corrected chi connectivity index (χ1v) is 10.3. The maximum Gasteiger partial charge on any atom is 0.191 e. The van der Waals surface area contributed by atoms with E-state index in [4.69, 9.17) is 0 Å². The van der Waals surface area contributed by atoms with Crippen molar-refractivity contribution in [3.05, 3.63) is 16.1 Å². The van der Waals surface area contributed by atoms with Crippen molar-refractivity contribution in [3.63, 3.8) is 0 Å². The Hall–Kier alpha value is -0.410. The van der Waals surface area contributed by atoms with Crippen LogP contribution in [0.15, 0.2) is 10.4 Å².